The van der Waals surface area contributed by atoms with E-state index in [0.717, 1.165) is 24.2 Å². The maximum absolute atomic E-state index is 4.51. The average Bonchev–Trinajstić information content (AvgIpc) is 2.41. The van der Waals surface area contributed by atoms with Crippen LogP contribution in [0.4, 0.5) is 0 Å². The SMILES string of the molecule is CCCCCCc1cnc(CCCCCC)cn1. The molecule has 1 aromatic rings. The van der Waals surface area contributed by atoms with Gasteiger partial charge in [0, 0.05) is 12.4 Å². The molecule has 0 aromatic carbocycles. The van der Waals surface area contributed by atoms with Gasteiger partial charge in [0.05, 0.1) is 11.4 Å². The second-order valence-corrected chi connectivity index (χ2v) is 5.12. The maximum Gasteiger partial charge on any atom is 0.0586 e. The zero-order valence-electron chi connectivity index (χ0n) is 12.1. The highest BCUT2D eigenvalue weighted by Gasteiger charge is 1.98. The molecule has 2 heteroatoms. The number of hydrogen-bond acceptors (Lipinski definition) is 2. The lowest BCUT2D eigenvalue weighted by molar-refractivity contribution is 0.650. The molecule has 0 saturated heterocycles. The zero-order valence-corrected chi connectivity index (χ0v) is 12.1. The van der Waals surface area contributed by atoms with E-state index in [0.29, 0.717) is 0 Å². The monoisotopic (exact) mass is 248 g/mol. The van der Waals surface area contributed by atoms with E-state index in [4.69, 9.17) is 0 Å². The molecule has 0 saturated carbocycles. The molecular formula is C16H28N2. The molecule has 0 aliphatic rings. The first-order valence-corrected chi connectivity index (χ1v) is 7.66. The van der Waals surface area contributed by atoms with E-state index in [1.165, 1.54) is 51.4 Å². The molecule has 0 bridgehead atoms. The number of nitrogens with zero attached hydrogens (tertiary/aromatic N) is 2. The van der Waals surface area contributed by atoms with Gasteiger partial charge in [-0.2, -0.15) is 0 Å². The van der Waals surface area contributed by atoms with Crippen LogP contribution in [0.3, 0.4) is 0 Å². The highest BCUT2D eigenvalue weighted by molar-refractivity contribution is 5.02. The van der Waals surface area contributed by atoms with Gasteiger partial charge in [-0.25, -0.2) is 0 Å². The van der Waals surface area contributed by atoms with Crippen molar-refractivity contribution in [3.63, 3.8) is 0 Å². The molecule has 1 rings (SSSR count). The van der Waals surface area contributed by atoms with Crippen molar-refractivity contribution >= 4 is 0 Å². The molecule has 0 aliphatic heterocycles. The molecule has 0 unspecified atom stereocenters. The van der Waals surface area contributed by atoms with E-state index < -0.39 is 0 Å². The van der Waals surface area contributed by atoms with Gasteiger partial charge < -0.3 is 0 Å². The predicted octanol–water partition coefficient (Wildman–Crippen LogP) is 4.72. The van der Waals surface area contributed by atoms with E-state index >= 15 is 0 Å². The molecule has 1 heterocycles. The highest BCUT2D eigenvalue weighted by Crippen LogP contribution is 2.07. The molecule has 18 heavy (non-hydrogen) atoms. The van der Waals surface area contributed by atoms with Crippen molar-refractivity contribution in [1.82, 2.24) is 9.97 Å². The van der Waals surface area contributed by atoms with Crippen molar-refractivity contribution in [3.8, 4) is 0 Å². The van der Waals surface area contributed by atoms with Crippen LogP contribution in [0.5, 0.6) is 0 Å². The second-order valence-electron chi connectivity index (χ2n) is 5.12. The summed E-state index contributed by atoms with van der Waals surface area (Å²) in [5, 5.41) is 0. The summed E-state index contributed by atoms with van der Waals surface area (Å²) in [6, 6.07) is 0. The standard InChI is InChI=1S/C16H28N2/c1-3-5-7-9-11-15-13-18-16(14-17-15)12-10-8-6-4-2/h13-14H,3-12H2,1-2H3. The Morgan fingerprint density at radius 3 is 1.44 bits per heavy atom. The summed E-state index contributed by atoms with van der Waals surface area (Å²) in [4.78, 5) is 9.03. The Morgan fingerprint density at radius 1 is 0.667 bits per heavy atom. The van der Waals surface area contributed by atoms with Crippen molar-refractivity contribution in [2.45, 2.75) is 78.1 Å². The smallest absolute Gasteiger partial charge is 0.0586 e. The van der Waals surface area contributed by atoms with Crippen molar-refractivity contribution in [2.75, 3.05) is 0 Å². The van der Waals surface area contributed by atoms with E-state index in [9.17, 15) is 0 Å². The van der Waals surface area contributed by atoms with Gasteiger partial charge in [0.2, 0.25) is 0 Å². The Bertz CT molecular complexity index is 261. The fraction of sp³-hybridized carbons (Fsp3) is 0.750. The van der Waals surface area contributed by atoms with Crippen molar-refractivity contribution in [1.29, 1.82) is 0 Å². The molecule has 2 nitrogen and oxygen atoms in total. The summed E-state index contributed by atoms with van der Waals surface area (Å²) < 4.78 is 0. The van der Waals surface area contributed by atoms with E-state index in [-0.39, 0.29) is 0 Å². The highest BCUT2D eigenvalue weighted by atomic mass is 14.8. The third-order valence-corrected chi connectivity index (χ3v) is 3.33. The van der Waals surface area contributed by atoms with Gasteiger partial charge in [0.25, 0.3) is 0 Å². The fourth-order valence-electron chi connectivity index (χ4n) is 2.11. The molecule has 0 fully saturated rings. The van der Waals surface area contributed by atoms with Crippen molar-refractivity contribution in [3.05, 3.63) is 23.8 Å². The van der Waals surface area contributed by atoms with Gasteiger partial charge in [0.1, 0.15) is 0 Å². The number of rotatable bonds is 10. The van der Waals surface area contributed by atoms with Crippen LogP contribution in [-0.2, 0) is 12.8 Å². The Kier molecular flexibility index (Phi) is 8.45. The maximum atomic E-state index is 4.51. The second kappa shape index (κ2) is 10.0. The largest absolute Gasteiger partial charge is 0.258 e. The van der Waals surface area contributed by atoms with Crippen LogP contribution < -0.4 is 0 Å². The summed E-state index contributed by atoms with van der Waals surface area (Å²) in [5.41, 5.74) is 2.31. The number of hydrogen-bond donors (Lipinski definition) is 0. The van der Waals surface area contributed by atoms with Crippen LogP contribution in [0.1, 0.15) is 76.6 Å². The number of aromatic nitrogens is 2. The minimum Gasteiger partial charge on any atom is -0.258 e. The normalized spacial score (nSPS) is 10.8. The van der Waals surface area contributed by atoms with Gasteiger partial charge in [-0.15, -0.1) is 0 Å². The van der Waals surface area contributed by atoms with E-state index in [1.54, 1.807) is 0 Å². The zero-order chi connectivity index (χ0) is 13.1. The quantitative estimate of drug-likeness (QED) is 0.560. The Labute approximate surface area is 112 Å². The minimum atomic E-state index is 1.09. The first kappa shape index (κ1) is 15.1. The summed E-state index contributed by atoms with van der Waals surface area (Å²) >= 11 is 0. The van der Waals surface area contributed by atoms with Gasteiger partial charge in [0.15, 0.2) is 0 Å². The van der Waals surface area contributed by atoms with E-state index in [2.05, 4.69) is 23.8 Å². The van der Waals surface area contributed by atoms with Crippen LogP contribution in [0.25, 0.3) is 0 Å². The summed E-state index contributed by atoms with van der Waals surface area (Å²) in [6.45, 7) is 4.49. The van der Waals surface area contributed by atoms with Crippen LogP contribution in [0.2, 0.25) is 0 Å². The molecule has 1 aromatic heterocycles. The molecular weight excluding hydrogens is 220 g/mol. The third-order valence-electron chi connectivity index (χ3n) is 3.33. The summed E-state index contributed by atoms with van der Waals surface area (Å²) in [7, 11) is 0. The molecule has 0 radical (unpaired) electrons. The lowest BCUT2D eigenvalue weighted by Gasteiger charge is -2.03. The molecule has 0 atom stereocenters. The van der Waals surface area contributed by atoms with Crippen LogP contribution >= 0.6 is 0 Å². The average molecular weight is 248 g/mol. The van der Waals surface area contributed by atoms with Crippen LogP contribution in [0, 0.1) is 0 Å². The lowest BCUT2D eigenvalue weighted by atomic mass is 10.1. The van der Waals surface area contributed by atoms with Crippen molar-refractivity contribution < 1.29 is 0 Å². The topological polar surface area (TPSA) is 25.8 Å². The Hall–Kier alpha value is -0.920. The third kappa shape index (κ3) is 6.73. The number of unbranched alkanes of at least 4 members (excludes halogenated alkanes) is 6. The fourth-order valence-corrected chi connectivity index (χ4v) is 2.11. The van der Waals surface area contributed by atoms with Gasteiger partial charge in [-0.3, -0.25) is 9.97 Å². The summed E-state index contributed by atoms with van der Waals surface area (Å²) in [5.74, 6) is 0. The van der Waals surface area contributed by atoms with E-state index in [1.807, 2.05) is 12.4 Å². The first-order chi connectivity index (χ1) is 8.86. The number of aryl methyl sites for hydroxylation is 2. The molecule has 0 aliphatic carbocycles. The predicted molar refractivity (Wildman–Crippen MR) is 77.7 cm³/mol. The molecule has 102 valence electrons. The Morgan fingerprint density at radius 2 is 1.11 bits per heavy atom. The van der Waals surface area contributed by atoms with Gasteiger partial charge in [-0.05, 0) is 25.7 Å². The van der Waals surface area contributed by atoms with Crippen LogP contribution in [-0.4, -0.2) is 9.97 Å². The minimum absolute atomic E-state index is 1.09. The molecule has 0 spiro atoms. The van der Waals surface area contributed by atoms with Crippen molar-refractivity contribution in [2.24, 2.45) is 0 Å². The molecule has 0 N–H and O–H groups in total. The first-order valence-electron chi connectivity index (χ1n) is 7.66. The van der Waals surface area contributed by atoms with Gasteiger partial charge in [-0.1, -0.05) is 52.4 Å². The Balaban J connectivity index is 2.20. The summed E-state index contributed by atoms with van der Waals surface area (Å²) in [6.07, 6.45) is 16.5. The lowest BCUT2D eigenvalue weighted by Crippen LogP contribution is -1.97. The molecule has 0 amide bonds. The van der Waals surface area contributed by atoms with Gasteiger partial charge >= 0.3 is 0 Å². The van der Waals surface area contributed by atoms with Crippen LogP contribution in [0.15, 0.2) is 12.4 Å².